The second-order valence-corrected chi connectivity index (χ2v) is 3.19. The molecule has 70 valence electrons. The Hall–Kier alpha value is -0.800. The minimum atomic E-state index is -0.574. The van der Waals surface area contributed by atoms with Crippen molar-refractivity contribution in [3.63, 3.8) is 0 Å². The molecule has 0 saturated carbocycles. The van der Waals surface area contributed by atoms with Crippen LogP contribution < -0.4 is 0 Å². The van der Waals surface area contributed by atoms with Crippen molar-refractivity contribution in [1.29, 1.82) is 0 Å². The number of benzene rings is 1. The summed E-state index contributed by atoms with van der Waals surface area (Å²) >= 11 is 11.1. The summed E-state index contributed by atoms with van der Waals surface area (Å²) in [6.07, 6.45) is 0. The van der Waals surface area contributed by atoms with E-state index in [9.17, 15) is 4.39 Å². The maximum atomic E-state index is 13.3. The van der Waals surface area contributed by atoms with Crippen LogP contribution in [0.15, 0.2) is 17.3 Å². The molecule has 5 heteroatoms. The Morgan fingerprint density at radius 3 is 2.69 bits per heavy atom. The van der Waals surface area contributed by atoms with Gasteiger partial charge < -0.3 is 5.21 Å². The van der Waals surface area contributed by atoms with E-state index in [0.717, 1.165) is 0 Å². The normalized spacial score (nSPS) is 11.8. The van der Waals surface area contributed by atoms with Gasteiger partial charge in [0.05, 0.1) is 5.56 Å². The van der Waals surface area contributed by atoms with Crippen molar-refractivity contribution < 1.29 is 9.60 Å². The van der Waals surface area contributed by atoms with Gasteiger partial charge in [-0.1, -0.05) is 28.4 Å². The number of hydrogen-bond acceptors (Lipinski definition) is 2. The van der Waals surface area contributed by atoms with E-state index in [-0.39, 0.29) is 16.3 Å². The largest absolute Gasteiger partial charge is 0.410 e. The van der Waals surface area contributed by atoms with E-state index < -0.39 is 5.82 Å². The van der Waals surface area contributed by atoms with E-state index in [1.165, 1.54) is 19.1 Å². The smallest absolute Gasteiger partial charge is 0.178 e. The topological polar surface area (TPSA) is 32.6 Å². The molecule has 13 heavy (non-hydrogen) atoms. The molecule has 0 saturated heterocycles. The molecule has 0 aliphatic rings. The highest BCUT2D eigenvalue weighted by molar-refractivity contribution is 6.69. The highest BCUT2D eigenvalue weighted by Crippen LogP contribution is 2.22. The van der Waals surface area contributed by atoms with Crippen LogP contribution in [0.3, 0.4) is 0 Å². The molecule has 0 atom stereocenters. The molecular weight excluding hydrogens is 216 g/mol. The van der Waals surface area contributed by atoms with Crippen molar-refractivity contribution in [2.24, 2.45) is 5.16 Å². The fraction of sp³-hybridized carbons (Fsp3) is 0.125. The molecule has 0 heterocycles. The Labute approximate surface area is 84.6 Å². The van der Waals surface area contributed by atoms with Gasteiger partial charge in [-0.15, -0.1) is 0 Å². The lowest BCUT2D eigenvalue weighted by Crippen LogP contribution is -1.98. The molecule has 0 aromatic heterocycles. The van der Waals surface area contributed by atoms with E-state index in [4.69, 9.17) is 28.4 Å². The van der Waals surface area contributed by atoms with Gasteiger partial charge in [0.25, 0.3) is 0 Å². The summed E-state index contributed by atoms with van der Waals surface area (Å²) in [7, 11) is 0. The van der Waals surface area contributed by atoms with Crippen LogP contribution in [0.5, 0.6) is 0 Å². The quantitative estimate of drug-likeness (QED) is 0.441. The maximum absolute atomic E-state index is 13.3. The fourth-order valence-corrected chi connectivity index (χ4v) is 1.17. The lowest BCUT2D eigenvalue weighted by Gasteiger charge is -2.03. The van der Waals surface area contributed by atoms with Gasteiger partial charge in [-0.25, -0.2) is 4.39 Å². The molecule has 0 fully saturated rings. The molecular formula is C8H6Cl2FNO. The van der Waals surface area contributed by atoms with E-state index in [1.807, 2.05) is 0 Å². The number of nitrogens with zero attached hydrogens (tertiary/aromatic N) is 1. The number of hydrogen-bond donors (Lipinski definition) is 1. The Kier molecular flexibility index (Phi) is 3.12. The van der Waals surface area contributed by atoms with Crippen molar-refractivity contribution in [1.82, 2.24) is 0 Å². The summed E-state index contributed by atoms with van der Waals surface area (Å²) in [4.78, 5) is 0. The maximum Gasteiger partial charge on any atom is 0.178 e. The summed E-state index contributed by atoms with van der Waals surface area (Å²) in [6.45, 7) is 1.52. The van der Waals surface area contributed by atoms with Gasteiger partial charge in [-0.2, -0.15) is 0 Å². The van der Waals surface area contributed by atoms with Gasteiger partial charge in [0.2, 0.25) is 0 Å². The Morgan fingerprint density at radius 2 is 2.15 bits per heavy atom. The van der Waals surface area contributed by atoms with Gasteiger partial charge in [-0.05, 0) is 19.1 Å². The first kappa shape index (κ1) is 10.3. The van der Waals surface area contributed by atoms with Crippen molar-refractivity contribution in [2.45, 2.75) is 6.92 Å². The summed E-state index contributed by atoms with van der Waals surface area (Å²) < 4.78 is 13.3. The molecule has 1 N–H and O–H groups in total. The van der Waals surface area contributed by atoms with Gasteiger partial charge in [0, 0.05) is 10.6 Å². The van der Waals surface area contributed by atoms with Crippen LogP contribution in [0.2, 0.25) is 5.02 Å². The molecule has 0 spiro atoms. The fourth-order valence-electron chi connectivity index (χ4n) is 0.875. The molecule has 1 aromatic carbocycles. The molecule has 0 aliphatic heterocycles. The Bertz CT molecular complexity index is 365. The SMILES string of the molecule is Cc1c(Cl)ccc(/C(Cl)=N\O)c1F. The molecule has 0 unspecified atom stereocenters. The minimum absolute atomic E-state index is 0.0334. The lowest BCUT2D eigenvalue weighted by molar-refractivity contribution is 0.320. The zero-order valence-electron chi connectivity index (χ0n) is 6.68. The van der Waals surface area contributed by atoms with Crippen LogP contribution in [0.1, 0.15) is 11.1 Å². The second kappa shape index (κ2) is 3.94. The van der Waals surface area contributed by atoms with Crippen molar-refractivity contribution in [2.75, 3.05) is 0 Å². The number of oxime groups is 1. The highest BCUT2D eigenvalue weighted by atomic mass is 35.5. The molecule has 1 aromatic rings. The minimum Gasteiger partial charge on any atom is -0.410 e. The third-order valence-corrected chi connectivity index (χ3v) is 2.32. The van der Waals surface area contributed by atoms with Crippen molar-refractivity contribution >= 4 is 28.4 Å². The second-order valence-electron chi connectivity index (χ2n) is 2.42. The van der Waals surface area contributed by atoms with Gasteiger partial charge in [0.15, 0.2) is 5.17 Å². The van der Waals surface area contributed by atoms with Crippen LogP contribution in [-0.2, 0) is 0 Å². The van der Waals surface area contributed by atoms with Gasteiger partial charge in [0.1, 0.15) is 5.82 Å². The van der Waals surface area contributed by atoms with Crippen LogP contribution in [0, 0.1) is 12.7 Å². The summed E-state index contributed by atoms with van der Waals surface area (Å²) in [5.74, 6) is -0.574. The zero-order chi connectivity index (χ0) is 10.0. The average molecular weight is 222 g/mol. The third-order valence-electron chi connectivity index (χ3n) is 1.63. The van der Waals surface area contributed by atoms with E-state index in [1.54, 1.807) is 0 Å². The van der Waals surface area contributed by atoms with E-state index in [0.29, 0.717) is 5.02 Å². The standard InChI is InChI=1S/C8H6Cl2FNO/c1-4-6(9)3-2-5(7(4)11)8(10)12-13/h2-3,13H,1H3/b12-8+. The van der Waals surface area contributed by atoms with Crippen molar-refractivity contribution in [3.8, 4) is 0 Å². The van der Waals surface area contributed by atoms with Crippen LogP contribution in [0.4, 0.5) is 4.39 Å². The lowest BCUT2D eigenvalue weighted by atomic mass is 10.1. The molecule has 1 rings (SSSR count). The van der Waals surface area contributed by atoms with Gasteiger partial charge in [-0.3, -0.25) is 0 Å². The van der Waals surface area contributed by atoms with E-state index in [2.05, 4.69) is 5.16 Å². The molecule has 0 amide bonds. The first-order chi connectivity index (χ1) is 6.07. The Morgan fingerprint density at radius 1 is 1.54 bits per heavy atom. The van der Waals surface area contributed by atoms with Crippen LogP contribution >= 0.6 is 23.2 Å². The first-order valence-electron chi connectivity index (χ1n) is 3.40. The van der Waals surface area contributed by atoms with Crippen molar-refractivity contribution in [3.05, 3.63) is 34.1 Å². The average Bonchev–Trinajstić information content (AvgIpc) is 2.13. The summed E-state index contributed by atoms with van der Waals surface area (Å²) in [5, 5.41) is 11.0. The van der Waals surface area contributed by atoms with E-state index >= 15 is 0 Å². The number of rotatable bonds is 1. The number of halogens is 3. The monoisotopic (exact) mass is 221 g/mol. The predicted molar refractivity (Wildman–Crippen MR) is 50.3 cm³/mol. The van der Waals surface area contributed by atoms with Crippen LogP contribution in [0.25, 0.3) is 0 Å². The highest BCUT2D eigenvalue weighted by Gasteiger charge is 2.12. The van der Waals surface area contributed by atoms with Crippen LogP contribution in [-0.4, -0.2) is 10.4 Å². The molecule has 2 nitrogen and oxygen atoms in total. The first-order valence-corrected chi connectivity index (χ1v) is 4.16. The summed E-state index contributed by atoms with van der Waals surface area (Å²) in [6, 6.07) is 2.84. The van der Waals surface area contributed by atoms with Gasteiger partial charge >= 0.3 is 0 Å². The zero-order valence-corrected chi connectivity index (χ0v) is 8.19. The third kappa shape index (κ3) is 1.92. The molecule has 0 aliphatic carbocycles. The predicted octanol–water partition coefficient (Wildman–Crippen LogP) is 3.16. The Balaban J connectivity index is 3.34. The molecule has 0 radical (unpaired) electrons. The summed E-state index contributed by atoms with van der Waals surface area (Å²) in [5.41, 5.74) is 0.312. The molecule has 0 bridgehead atoms.